The van der Waals surface area contributed by atoms with E-state index in [-0.39, 0.29) is 12.5 Å². The van der Waals surface area contributed by atoms with Gasteiger partial charge in [0.2, 0.25) is 0 Å². The molecule has 1 N–H and O–H groups in total. The molecule has 0 saturated heterocycles. The Morgan fingerprint density at radius 1 is 1.17 bits per heavy atom. The highest BCUT2D eigenvalue weighted by molar-refractivity contribution is 7.15. The molecule has 7 heteroatoms. The maximum atomic E-state index is 12.5. The van der Waals surface area contributed by atoms with Crippen LogP contribution in [0.3, 0.4) is 0 Å². The van der Waals surface area contributed by atoms with Crippen molar-refractivity contribution in [1.29, 1.82) is 0 Å². The van der Waals surface area contributed by atoms with Crippen LogP contribution < -0.4 is 10.1 Å². The molecule has 0 aliphatic rings. The molecular weight excluding hydrogens is 422 g/mol. The van der Waals surface area contributed by atoms with E-state index in [1.54, 1.807) is 29.7 Å². The minimum atomic E-state index is -0.534. The number of para-hydroxylation sites is 1. The molecule has 0 atom stereocenters. The number of hydrogen-bond donors (Lipinski definition) is 1. The Labute approximate surface area is 183 Å². The molecule has 1 amide bonds. The van der Waals surface area contributed by atoms with Crippen molar-refractivity contribution < 1.29 is 19.1 Å². The number of anilines is 1. The van der Waals surface area contributed by atoms with E-state index in [0.717, 1.165) is 11.1 Å². The maximum absolute atomic E-state index is 12.5. The fourth-order valence-electron chi connectivity index (χ4n) is 2.87. The number of rotatable bonds is 8. The zero-order chi connectivity index (χ0) is 21.5. The minimum absolute atomic E-state index is 0.192. The number of halogens is 1. The molecule has 2 aromatic carbocycles. The lowest BCUT2D eigenvalue weighted by Crippen LogP contribution is -2.21. The fourth-order valence-corrected chi connectivity index (χ4v) is 3.97. The number of allylic oxidation sites excluding steroid dienone is 1. The normalized spacial score (nSPS) is 10.3. The monoisotopic (exact) mass is 441 g/mol. The first-order valence-corrected chi connectivity index (χ1v) is 10.4. The molecule has 0 radical (unpaired) electrons. The predicted molar refractivity (Wildman–Crippen MR) is 121 cm³/mol. The Kier molecular flexibility index (Phi) is 7.27. The predicted octanol–water partition coefficient (Wildman–Crippen LogP) is 5.60. The van der Waals surface area contributed by atoms with E-state index < -0.39 is 5.97 Å². The third-order valence-electron chi connectivity index (χ3n) is 4.28. The van der Waals surface area contributed by atoms with Crippen LogP contribution in [0.2, 0.25) is 5.02 Å². The quantitative estimate of drug-likeness (QED) is 0.365. The molecule has 154 valence electrons. The third-order valence-corrected chi connectivity index (χ3v) is 5.43. The van der Waals surface area contributed by atoms with Crippen LogP contribution in [0.4, 0.5) is 5.00 Å². The van der Waals surface area contributed by atoms with E-state index in [1.807, 2.05) is 30.3 Å². The molecule has 3 aromatic rings. The van der Waals surface area contributed by atoms with Gasteiger partial charge >= 0.3 is 5.97 Å². The van der Waals surface area contributed by atoms with E-state index in [1.165, 1.54) is 18.4 Å². The highest BCUT2D eigenvalue weighted by atomic mass is 35.5. The SMILES string of the molecule is C=CCc1ccccc1OCC(=O)Nc1scc(-c2ccc(Cl)cc2)c1C(=O)OC. The summed E-state index contributed by atoms with van der Waals surface area (Å²) in [5.41, 5.74) is 2.70. The van der Waals surface area contributed by atoms with Gasteiger partial charge in [-0.25, -0.2) is 4.79 Å². The highest BCUT2D eigenvalue weighted by Crippen LogP contribution is 2.36. The summed E-state index contributed by atoms with van der Waals surface area (Å²) in [6.07, 6.45) is 2.41. The Morgan fingerprint density at radius 2 is 1.90 bits per heavy atom. The number of ether oxygens (including phenoxy) is 2. The number of carbonyl (C=O) groups excluding carboxylic acids is 2. The topological polar surface area (TPSA) is 64.6 Å². The van der Waals surface area contributed by atoms with Crippen molar-refractivity contribution in [1.82, 2.24) is 0 Å². The van der Waals surface area contributed by atoms with Gasteiger partial charge in [0.1, 0.15) is 16.3 Å². The first kappa shape index (κ1) is 21.6. The summed E-state index contributed by atoms with van der Waals surface area (Å²) in [5, 5.41) is 5.55. The van der Waals surface area contributed by atoms with E-state index in [2.05, 4.69) is 11.9 Å². The Bertz CT molecular complexity index is 1060. The summed E-state index contributed by atoms with van der Waals surface area (Å²) in [7, 11) is 1.30. The fraction of sp³-hybridized carbons (Fsp3) is 0.130. The summed E-state index contributed by atoms with van der Waals surface area (Å²) in [6.45, 7) is 3.54. The second-order valence-corrected chi connectivity index (χ2v) is 7.61. The van der Waals surface area contributed by atoms with Crippen LogP contribution >= 0.6 is 22.9 Å². The van der Waals surface area contributed by atoms with Crippen molar-refractivity contribution in [3.05, 3.63) is 82.7 Å². The molecule has 5 nitrogen and oxygen atoms in total. The molecule has 0 unspecified atom stereocenters. The summed E-state index contributed by atoms with van der Waals surface area (Å²) < 4.78 is 10.6. The van der Waals surface area contributed by atoms with E-state index in [0.29, 0.717) is 33.3 Å². The number of amides is 1. The number of hydrogen-bond acceptors (Lipinski definition) is 5. The summed E-state index contributed by atoms with van der Waals surface area (Å²) in [4.78, 5) is 24.9. The molecule has 3 rings (SSSR count). The maximum Gasteiger partial charge on any atom is 0.341 e. The minimum Gasteiger partial charge on any atom is -0.483 e. The molecule has 0 aliphatic heterocycles. The Balaban J connectivity index is 1.77. The van der Waals surface area contributed by atoms with Crippen LogP contribution in [-0.2, 0) is 16.0 Å². The second-order valence-electron chi connectivity index (χ2n) is 6.29. The van der Waals surface area contributed by atoms with Gasteiger partial charge in [0.15, 0.2) is 6.61 Å². The number of benzene rings is 2. The number of nitrogens with one attached hydrogen (secondary N) is 1. The molecule has 0 spiro atoms. The van der Waals surface area contributed by atoms with E-state index in [4.69, 9.17) is 21.1 Å². The van der Waals surface area contributed by atoms with E-state index >= 15 is 0 Å². The van der Waals surface area contributed by atoms with Crippen LogP contribution in [-0.4, -0.2) is 25.6 Å². The standard InChI is InChI=1S/C23H20ClNO4S/c1-3-6-16-7-4-5-8-19(16)29-13-20(26)25-22-21(23(27)28-2)18(14-30-22)15-9-11-17(24)12-10-15/h3-5,7-12,14H,1,6,13H2,2H3,(H,25,26). The average Bonchev–Trinajstić information content (AvgIpc) is 3.16. The number of methoxy groups -OCH3 is 1. The van der Waals surface area contributed by atoms with Crippen LogP contribution in [0.1, 0.15) is 15.9 Å². The lowest BCUT2D eigenvalue weighted by atomic mass is 10.0. The molecule has 0 saturated carbocycles. The van der Waals surface area contributed by atoms with Gasteiger partial charge in [0.05, 0.1) is 7.11 Å². The summed E-state index contributed by atoms with van der Waals surface area (Å²) in [5.74, 6) is -0.291. The van der Waals surface area contributed by atoms with Crippen molar-refractivity contribution in [3.63, 3.8) is 0 Å². The van der Waals surface area contributed by atoms with Crippen LogP contribution in [0.5, 0.6) is 5.75 Å². The first-order valence-electron chi connectivity index (χ1n) is 9.10. The van der Waals surface area contributed by atoms with Crippen molar-refractivity contribution in [2.24, 2.45) is 0 Å². The van der Waals surface area contributed by atoms with E-state index in [9.17, 15) is 9.59 Å². The van der Waals surface area contributed by atoms with Crippen LogP contribution in [0, 0.1) is 0 Å². The number of esters is 1. The van der Waals surface area contributed by atoms with Gasteiger partial charge in [0.25, 0.3) is 5.91 Å². The van der Waals surface area contributed by atoms with Gasteiger partial charge in [-0.05, 0) is 35.7 Å². The molecule has 1 aromatic heterocycles. The average molecular weight is 442 g/mol. The lowest BCUT2D eigenvalue weighted by Gasteiger charge is -2.11. The van der Waals surface area contributed by atoms with Gasteiger partial charge in [0, 0.05) is 16.0 Å². The van der Waals surface area contributed by atoms with Crippen molar-refractivity contribution in [2.75, 3.05) is 19.0 Å². The molecule has 1 heterocycles. The lowest BCUT2D eigenvalue weighted by molar-refractivity contribution is -0.118. The molecule has 0 bridgehead atoms. The molecule has 30 heavy (non-hydrogen) atoms. The van der Waals surface area contributed by atoms with Crippen LogP contribution in [0.15, 0.2) is 66.6 Å². The first-order chi connectivity index (χ1) is 14.5. The van der Waals surface area contributed by atoms with Gasteiger partial charge in [-0.15, -0.1) is 17.9 Å². The summed E-state index contributed by atoms with van der Waals surface area (Å²) >= 11 is 7.20. The van der Waals surface area contributed by atoms with Gasteiger partial charge < -0.3 is 14.8 Å². The smallest absolute Gasteiger partial charge is 0.341 e. The third kappa shape index (κ3) is 5.09. The molecule has 0 aliphatic carbocycles. The Morgan fingerprint density at radius 3 is 2.60 bits per heavy atom. The largest absolute Gasteiger partial charge is 0.483 e. The van der Waals surface area contributed by atoms with Crippen molar-refractivity contribution in [3.8, 4) is 16.9 Å². The summed E-state index contributed by atoms with van der Waals surface area (Å²) in [6, 6.07) is 14.6. The molecule has 0 fully saturated rings. The van der Waals surface area contributed by atoms with Crippen molar-refractivity contribution >= 4 is 39.8 Å². The zero-order valence-corrected chi connectivity index (χ0v) is 17.9. The van der Waals surface area contributed by atoms with Gasteiger partial charge in [-0.3, -0.25) is 4.79 Å². The second kappa shape index (κ2) is 10.1. The Hall–Kier alpha value is -3.09. The van der Waals surface area contributed by atoms with Gasteiger partial charge in [-0.1, -0.05) is 48.0 Å². The van der Waals surface area contributed by atoms with Crippen molar-refractivity contribution in [2.45, 2.75) is 6.42 Å². The zero-order valence-electron chi connectivity index (χ0n) is 16.3. The molecular formula is C23H20ClNO4S. The number of carbonyl (C=O) groups is 2. The highest BCUT2D eigenvalue weighted by Gasteiger charge is 2.22. The number of thiophene rings is 1. The van der Waals surface area contributed by atoms with Crippen LogP contribution in [0.25, 0.3) is 11.1 Å². The van der Waals surface area contributed by atoms with Gasteiger partial charge in [-0.2, -0.15) is 0 Å².